The van der Waals surface area contributed by atoms with Crippen LogP contribution in [0.25, 0.3) is 0 Å². The van der Waals surface area contributed by atoms with Gasteiger partial charge in [-0.1, -0.05) is 32.0 Å². The molecule has 0 aliphatic heterocycles. The molecule has 23 heavy (non-hydrogen) atoms. The van der Waals surface area contributed by atoms with Crippen LogP contribution in [0.3, 0.4) is 0 Å². The quantitative estimate of drug-likeness (QED) is 0.557. The molecule has 0 aliphatic rings. The fourth-order valence-corrected chi connectivity index (χ4v) is 2.54. The number of hydrogen-bond acceptors (Lipinski definition) is 3. The number of aromatic nitrogens is 2. The molecule has 6 heteroatoms. The minimum Gasteiger partial charge on any atom is -0.242 e. The van der Waals surface area contributed by atoms with E-state index in [1.807, 2.05) is 13.8 Å². The molecule has 0 saturated carbocycles. The number of aliphatic imine (C=N–C) groups is 1. The predicted octanol–water partition coefficient (Wildman–Crippen LogP) is 5.18. The predicted molar refractivity (Wildman–Crippen MR) is 89.0 cm³/mol. The molecule has 0 radical (unpaired) electrons. The standard InChI is InChI=1S/C17H18ClF2N3/c1-4-12-14(5-2)22-17(18)23-16(12)21-9-11-7-6-8-13(10(3)19)15(11)20/h6-10H,4-5H2,1-3H3. The van der Waals surface area contributed by atoms with Gasteiger partial charge in [0.15, 0.2) is 5.82 Å². The largest absolute Gasteiger partial charge is 0.242 e. The summed E-state index contributed by atoms with van der Waals surface area (Å²) in [6.45, 7) is 5.24. The van der Waals surface area contributed by atoms with Crippen molar-refractivity contribution < 1.29 is 8.78 Å². The van der Waals surface area contributed by atoms with Crippen LogP contribution in [-0.2, 0) is 12.8 Å². The first-order valence-electron chi connectivity index (χ1n) is 7.49. The summed E-state index contributed by atoms with van der Waals surface area (Å²) in [5.41, 5.74) is 1.93. The molecule has 1 aromatic heterocycles. The molecular weight excluding hydrogens is 320 g/mol. The van der Waals surface area contributed by atoms with Crippen molar-refractivity contribution in [3.05, 3.63) is 51.7 Å². The highest BCUT2D eigenvalue weighted by molar-refractivity contribution is 6.28. The van der Waals surface area contributed by atoms with Gasteiger partial charge in [0.2, 0.25) is 5.28 Å². The van der Waals surface area contributed by atoms with Gasteiger partial charge < -0.3 is 0 Å². The molecule has 3 nitrogen and oxygen atoms in total. The normalized spacial score (nSPS) is 12.8. The summed E-state index contributed by atoms with van der Waals surface area (Å²) in [5, 5.41) is 0.109. The smallest absolute Gasteiger partial charge is 0.224 e. The van der Waals surface area contributed by atoms with Crippen LogP contribution >= 0.6 is 11.6 Å². The van der Waals surface area contributed by atoms with Crippen molar-refractivity contribution in [3.8, 4) is 0 Å². The monoisotopic (exact) mass is 337 g/mol. The van der Waals surface area contributed by atoms with E-state index in [0.29, 0.717) is 18.7 Å². The topological polar surface area (TPSA) is 38.1 Å². The number of hydrogen-bond donors (Lipinski definition) is 0. The van der Waals surface area contributed by atoms with Crippen LogP contribution in [0.15, 0.2) is 23.2 Å². The molecule has 1 aromatic carbocycles. The Hall–Kier alpha value is -1.88. The molecule has 2 rings (SSSR count). The van der Waals surface area contributed by atoms with Crippen molar-refractivity contribution in [1.82, 2.24) is 9.97 Å². The molecule has 0 amide bonds. The van der Waals surface area contributed by atoms with Crippen molar-refractivity contribution in [3.63, 3.8) is 0 Å². The maximum atomic E-state index is 14.2. The van der Waals surface area contributed by atoms with Gasteiger partial charge in [0.05, 0.1) is 5.69 Å². The lowest BCUT2D eigenvalue weighted by Gasteiger charge is -2.08. The molecule has 0 spiro atoms. The van der Waals surface area contributed by atoms with Gasteiger partial charge in [0, 0.05) is 22.9 Å². The zero-order valence-corrected chi connectivity index (χ0v) is 14.0. The lowest BCUT2D eigenvalue weighted by Crippen LogP contribution is -2.00. The van der Waals surface area contributed by atoms with Gasteiger partial charge >= 0.3 is 0 Å². The third-order valence-corrected chi connectivity index (χ3v) is 3.71. The molecular formula is C17H18ClF2N3. The van der Waals surface area contributed by atoms with E-state index in [9.17, 15) is 8.78 Å². The second-order valence-electron chi connectivity index (χ2n) is 5.07. The van der Waals surface area contributed by atoms with E-state index < -0.39 is 12.0 Å². The number of alkyl halides is 1. The van der Waals surface area contributed by atoms with Gasteiger partial charge in [-0.05, 0) is 31.4 Å². The van der Waals surface area contributed by atoms with Crippen LogP contribution in [0.5, 0.6) is 0 Å². The molecule has 1 unspecified atom stereocenters. The molecule has 0 aliphatic carbocycles. The van der Waals surface area contributed by atoms with Crippen LogP contribution < -0.4 is 0 Å². The Balaban J connectivity index is 2.45. The average molecular weight is 338 g/mol. The third-order valence-electron chi connectivity index (χ3n) is 3.55. The zero-order chi connectivity index (χ0) is 17.0. The van der Waals surface area contributed by atoms with Crippen molar-refractivity contribution in [2.45, 2.75) is 39.8 Å². The summed E-state index contributed by atoms with van der Waals surface area (Å²) in [7, 11) is 0. The summed E-state index contributed by atoms with van der Waals surface area (Å²) >= 11 is 5.92. The molecule has 0 saturated heterocycles. The van der Waals surface area contributed by atoms with Gasteiger partial charge in [0.25, 0.3) is 0 Å². The fourth-order valence-electron chi connectivity index (χ4n) is 2.36. The van der Waals surface area contributed by atoms with E-state index in [4.69, 9.17) is 11.6 Å². The molecule has 0 N–H and O–H groups in total. The lowest BCUT2D eigenvalue weighted by atomic mass is 10.1. The van der Waals surface area contributed by atoms with Crippen LogP contribution in [0, 0.1) is 5.82 Å². The minimum absolute atomic E-state index is 0.0135. The SMILES string of the molecule is CCc1nc(Cl)nc(N=Cc2cccc(C(C)F)c2F)c1CC. The highest BCUT2D eigenvalue weighted by Crippen LogP contribution is 2.24. The zero-order valence-electron chi connectivity index (χ0n) is 13.3. The Kier molecular flexibility index (Phi) is 5.77. The van der Waals surface area contributed by atoms with Crippen LogP contribution in [0.1, 0.15) is 49.3 Å². The van der Waals surface area contributed by atoms with E-state index in [1.165, 1.54) is 19.2 Å². The molecule has 0 fully saturated rings. The van der Waals surface area contributed by atoms with Crippen LogP contribution in [0.4, 0.5) is 14.6 Å². The average Bonchev–Trinajstić information content (AvgIpc) is 2.52. The summed E-state index contributed by atoms with van der Waals surface area (Å²) in [6.07, 6.45) is 1.36. The maximum absolute atomic E-state index is 14.2. The number of nitrogens with zero attached hydrogens (tertiary/aromatic N) is 3. The van der Waals surface area contributed by atoms with Crippen LogP contribution in [-0.4, -0.2) is 16.2 Å². The summed E-state index contributed by atoms with van der Waals surface area (Å²) in [4.78, 5) is 12.6. The highest BCUT2D eigenvalue weighted by atomic mass is 35.5. The first kappa shape index (κ1) is 17.5. The van der Waals surface area contributed by atoms with Crippen LogP contribution in [0.2, 0.25) is 5.28 Å². The Morgan fingerprint density at radius 3 is 2.61 bits per heavy atom. The molecule has 0 bridgehead atoms. The lowest BCUT2D eigenvalue weighted by molar-refractivity contribution is 0.361. The van der Waals surface area contributed by atoms with Gasteiger partial charge in [-0.3, -0.25) is 0 Å². The molecule has 1 atom stereocenters. The molecule has 122 valence electrons. The second-order valence-corrected chi connectivity index (χ2v) is 5.41. The Morgan fingerprint density at radius 1 is 1.26 bits per heavy atom. The first-order valence-corrected chi connectivity index (χ1v) is 7.87. The third kappa shape index (κ3) is 3.91. The number of rotatable bonds is 5. The van der Waals surface area contributed by atoms with E-state index >= 15 is 0 Å². The minimum atomic E-state index is -1.38. The Morgan fingerprint density at radius 2 is 2.00 bits per heavy atom. The molecule has 2 aromatic rings. The van der Waals surface area contributed by atoms with E-state index in [-0.39, 0.29) is 16.4 Å². The van der Waals surface area contributed by atoms with Gasteiger partial charge in [-0.2, -0.15) is 4.98 Å². The number of aryl methyl sites for hydroxylation is 1. The second kappa shape index (κ2) is 7.59. The molecule has 1 heterocycles. The number of benzene rings is 1. The fraction of sp³-hybridized carbons (Fsp3) is 0.353. The summed E-state index contributed by atoms with van der Waals surface area (Å²) < 4.78 is 27.6. The van der Waals surface area contributed by atoms with Gasteiger partial charge in [0.1, 0.15) is 12.0 Å². The maximum Gasteiger partial charge on any atom is 0.224 e. The van der Waals surface area contributed by atoms with Crippen molar-refractivity contribution >= 4 is 23.6 Å². The van der Waals surface area contributed by atoms with E-state index in [2.05, 4.69) is 15.0 Å². The van der Waals surface area contributed by atoms with E-state index in [1.54, 1.807) is 12.1 Å². The first-order chi connectivity index (χ1) is 11.0. The number of halogens is 3. The van der Waals surface area contributed by atoms with Gasteiger partial charge in [-0.15, -0.1) is 0 Å². The van der Waals surface area contributed by atoms with Gasteiger partial charge in [-0.25, -0.2) is 18.8 Å². The summed E-state index contributed by atoms with van der Waals surface area (Å²) in [6, 6.07) is 4.56. The summed E-state index contributed by atoms with van der Waals surface area (Å²) in [5.74, 6) is -0.192. The Labute approximate surface area is 139 Å². The van der Waals surface area contributed by atoms with Crippen molar-refractivity contribution in [2.24, 2.45) is 4.99 Å². The Bertz CT molecular complexity index is 730. The highest BCUT2D eigenvalue weighted by Gasteiger charge is 2.13. The van der Waals surface area contributed by atoms with Crippen molar-refractivity contribution in [2.75, 3.05) is 0 Å². The van der Waals surface area contributed by atoms with Crippen molar-refractivity contribution in [1.29, 1.82) is 0 Å². The van der Waals surface area contributed by atoms with E-state index in [0.717, 1.165) is 11.3 Å².